The van der Waals surface area contributed by atoms with Crippen molar-refractivity contribution in [3.8, 4) is 0 Å². The lowest BCUT2D eigenvalue weighted by Crippen LogP contribution is -2.71. The molecule has 1 heterocycles. The molecule has 2 aromatic rings. The van der Waals surface area contributed by atoms with E-state index in [2.05, 4.69) is 0 Å². The highest BCUT2D eigenvalue weighted by molar-refractivity contribution is 6.00. The van der Waals surface area contributed by atoms with E-state index in [-0.39, 0.29) is 29.6 Å². The normalized spacial score (nSPS) is 20.5. The number of carbonyl (C=O) groups excluding carboxylic acids is 2. The number of rotatable bonds is 5. The summed E-state index contributed by atoms with van der Waals surface area (Å²) in [5, 5.41) is 0. The van der Waals surface area contributed by atoms with Crippen molar-refractivity contribution in [3.05, 3.63) is 71.8 Å². The van der Waals surface area contributed by atoms with Crippen LogP contribution in [0, 0.1) is 11.8 Å². The number of ketones is 1. The minimum absolute atomic E-state index is 0.0522. The Kier molecular flexibility index (Phi) is 4.51. The maximum Gasteiger partial charge on any atom is 0.230 e. The number of likely N-dealkylation sites (tertiary alicyclic amines) is 1. The van der Waals surface area contributed by atoms with Gasteiger partial charge in [0.05, 0.1) is 11.5 Å². The van der Waals surface area contributed by atoms with Crippen molar-refractivity contribution in [2.24, 2.45) is 11.8 Å². The van der Waals surface area contributed by atoms with Crippen LogP contribution in [0.25, 0.3) is 0 Å². The molecule has 0 N–H and O–H groups in total. The van der Waals surface area contributed by atoms with Crippen LogP contribution in [0.4, 0.5) is 0 Å². The Bertz CT molecular complexity index is 728. The van der Waals surface area contributed by atoms with Gasteiger partial charge in [-0.1, -0.05) is 74.5 Å². The van der Waals surface area contributed by atoms with Crippen molar-refractivity contribution in [3.63, 3.8) is 0 Å². The van der Waals surface area contributed by atoms with Crippen LogP contribution in [0.15, 0.2) is 60.7 Å². The molecule has 1 aliphatic heterocycles. The molecule has 25 heavy (non-hydrogen) atoms. The van der Waals surface area contributed by atoms with Gasteiger partial charge in [-0.25, -0.2) is 0 Å². The summed E-state index contributed by atoms with van der Waals surface area (Å²) in [5.74, 6) is 0.0273. The standard InChI is InChI=1S/C22H25NO2/c1-15(2)19-20(16(3)24)23(21(19)25)22(4,17-11-7-5-8-12-17)18-13-9-6-10-14-18/h5-15,19-20H,1-4H3/t19-,20-/m1/s1. The number of β-lactam (4-membered cyclic amide) rings is 1. The highest BCUT2D eigenvalue weighted by Crippen LogP contribution is 2.46. The quantitative estimate of drug-likeness (QED) is 0.774. The van der Waals surface area contributed by atoms with Gasteiger partial charge in [0.15, 0.2) is 5.78 Å². The zero-order chi connectivity index (χ0) is 18.2. The van der Waals surface area contributed by atoms with Gasteiger partial charge in [0.1, 0.15) is 6.04 Å². The Morgan fingerprint density at radius 1 is 0.960 bits per heavy atom. The van der Waals surface area contributed by atoms with E-state index < -0.39 is 5.54 Å². The first-order valence-electron chi connectivity index (χ1n) is 8.83. The van der Waals surface area contributed by atoms with Gasteiger partial charge in [0, 0.05) is 0 Å². The molecule has 3 heteroatoms. The van der Waals surface area contributed by atoms with Crippen LogP contribution in [0.2, 0.25) is 0 Å². The Hall–Kier alpha value is -2.42. The third-order valence-corrected chi connectivity index (χ3v) is 5.43. The fourth-order valence-corrected chi connectivity index (χ4v) is 4.06. The summed E-state index contributed by atoms with van der Waals surface area (Å²) in [6, 6.07) is 19.6. The zero-order valence-corrected chi connectivity index (χ0v) is 15.3. The van der Waals surface area contributed by atoms with Gasteiger partial charge in [-0.15, -0.1) is 0 Å². The molecular weight excluding hydrogens is 310 g/mol. The highest BCUT2D eigenvalue weighted by Gasteiger charge is 2.58. The maximum atomic E-state index is 13.1. The SMILES string of the molecule is CC(=O)[C@@H]1[C@@H](C(C)C)C(=O)N1C(C)(c1ccccc1)c1ccccc1. The van der Waals surface area contributed by atoms with E-state index in [0.29, 0.717) is 0 Å². The van der Waals surface area contributed by atoms with Gasteiger partial charge in [-0.3, -0.25) is 9.59 Å². The number of nitrogens with zero attached hydrogens (tertiary/aromatic N) is 1. The van der Waals surface area contributed by atoms with E-state index in [1.54, 1.807) is 11.8 Å². The average molecular weight is 335 g/mol. The zero-order valence-electron chi connectivity index (χ0n) is 15.3. The molecule has 3 nitrogen and oxygen atoms in total. The van der Waals surface area contributed by atoms with Crippen molar-refractivity contribution >= 4 is 11.7 Å². The molecular formula is C22H25NO2. The van der Waals surface area contributed by atoms with Crippen molar-refractivity contribution in [1.82, 2.24) is 4.90 Å². The molecule has 0 saturated carbocycles. The molecule has 0 aliphatic carbocycles. The minimum Gasteiger partial charge on any atom is -0.318 e. The first kappa shape index (κ1) is 17.4. The lowest BCUT2D eigenvalue weighted by molar-refractivity contribution is -0.174. The van der Waals surface area contributed by atoms with Gasteiger partial charge >= 0.3 is 0 Å². The van der Waals surface area contributed by atoms with Crippen molar-refractivity contribution in [1.29, 1.82) is 0 Å². The highest BCUT2D eigenvalue weighted by atomic mass is 16.2. The Morgan fingerprint density at radius 3 is 1.76 bits per heavy atom. The predicted molar refractivity (Wildman–Crippen MR) is 99.0 cm³/mol. The van der Waals surface area contributed by atoms with Crippen LogP contribution in [0.3, 0.4) is 0 Å². The van der Waals surface area contributed by atoms with E-state index in [9.17, 15) is 9.59 Å². The summed E-state index contributed by atoms with van der Waals surface area (Å²) in [4.78, 5) is 27.3. The van der Waals surface area contributed by atoms with E-state index in [1.165, 1.54) is 0 Å². The largest absolute Gasteiger partial charge is 0.318 e. The Morgan fingerprint density at radius 2 is 1.40 bits per heavy atom. The second-order valence-corrected chi connectivity index (χ2v) is 7.34. The van der Waals surface area contributed by atoms with Crippen molar-refractivity contribution < 1.29 is 9.59 Å². The van der Waals surface area contributed by atoms with Gasteiger partial charge in [-0.05, 0) is 30.9 Å². The van der Waals surface area contributed by atoms with Gasteiger partial charge < -0.3 is 4.90 Å². The van der Waals surface area contributed by atoms with Crippen molar-refractivity contribution in [2.75, 3.05) is 0 Å². The van der Waals surface area contributed by atoms with Gasteiger partial charge in [-0.2, -0.15) is 0 Å². The fourth-order valence-electron chi connectivity index (χ4n) is 4.06. The van der Waals surface area contributed by atoms with Crippen LogP contribution in [0.5, 0.6) is 0 Å². The molecule has 0 aromatic heterocycles. The fraction of sp³-hybridized carbons (Fsp3) is 0.364. The predicted octanol–water partition coefficient (Wildman–Crippen LogP) is 4.02. The van der Waals surface area contributed by atoms with Crippen LogP contribution >= 0.6 is 0 Å². The van der Waals surface area contributed by atoms with E-state index >= 15 is 0 Å². The summed E-state index contributed by atoms with van der Waals surface area (Å²) in [6.45, 7) is 7.66. The van der Waals surface area contributed by atoms with E-state index in [1.807, 2.05) is 81.4 Å². The molecule has 2 atom stereocenters. The summed E-state index contributed by atoms with van der Waals surface area (Å²) in [5.41, 5.74) is 1.37. The molecule has 0 spiro atoms. The second kappa shape index (κ2) is 6.47. The average Bonchev–Trinajstić information content (AvgIpc) is 2.60. The van der Waals surface area contributed by atoms with Crippen LogP contribution in [0.1, 0.15) is 38.8 Å². The van der Waals surface area contributed by atoms with Crippen LogP contribution < -0.4 is 0 Å². The Labute approximate surface area is 149 Å². The molecule has 1 fully saturated rings. The lowest BCUT2D eigenvalue weighted by Gasteiger charge is -2.56. The molecule has 0 bridgehead atoms. The van der Waals surface area contributed by atoms with E-state index in [0.717, 1.165) is 11.1 Å². The molecule has 130 valence electrons. The number of Topliss-reactive ketones (excluding diaryl/α,β-unsaturated/α-hetero) is 1. The molecule has 1 amide bonds. The third-order valence-electron chi connectivity index (χ3n) is 5.43. The topological polar surface area (TPSA) is 37.4 Å². The molecule has 0 unspecified atom stereocenters. The molecule has 0 radical (unpaired) electrons. The van der Waals surface area contributed by atoms with Gasteiger partial charge in [0.25, 0.3) is 0 Å². The van der Waals surface area contributed by atoms with Crippen LogP contribution in [-0.4, -0.2) is 22.6 Å². The Balaban J connectivity index is 2.16. The summed E-state index contributed by atoms with van der Waals surface area (Å²) in [7, 11) is 0. The number of hydrogen-bond acceptors (Lipinski definition) is 2. The smallest absolute Gasteiger partial charge is 0.230 e. The second-order valence-electron chi connectivity index (χ2n) is 7.34. The summed E-state index contributed by atoms with van der Waals surface area (Å²) in [6.07, 6.45) is 0. The van der Waals surface area contributed by atoms with Crippen LogP contribution in [-0.2, 0) is 15.1 Å². The monoisotopic (exact) mass is 335 g/mol. The first-order valence-corrected chi connectivity index (χ1v) is 8.83. The molecule has 1 aliphatic rings. The maximum absolute atomic E-state index is 13.1. The van der Waals surface area contributed by atoms with E-state index in [4.69, 9.17) is 0 Å². The summed E-state index contributed by atoms with van der Waals surface area (Å²) < 4.78 is 0. The number of hydrogen-bond donors (Lipinski definition) is 0. The lowest BCUT2D eigenvalue weighted by atomic mass is 9.70. The summed E-state index contributed by atoms with van der Waals surface area (Å²) >= 11 is 0. The first-order chi connectivity index (χ1) is 11.9. The molecule has 2 aromatic carbocycles. The van der Waals surface area contributed by atoms with Gasteiger partial charge in [0.2, 0.25) is 5.91 Å². The molecule has 1 saturated heterocycles. The minimum atomic E-state index is -0.665. The number of carbonyl (C=O) groups is 2. The number of amides is 1. The van der Waals surface area contributed by atoms with Crippen molar-refractivity contribution in [2.45, 2.75) is 39.3 Å². The molecule has 3 rings (SSSR count). The number of benzene rings is 2. The third kappa shape index (κ3) is 2.68.